The van der Waals surface area contributed by atoms with Crippen molar-refractivity contribution in [1.82, 2.24) is 25.6 Å². The molecule has 0 saturated carbocycles. The Morgan fingerprint density at radius 3 is 2.52 bits per heavy atom. The van der Waals surface area contributed by atoms with Crippen molar-refractivity contribution in [2.45, 2.75) is 19.2 Å². The number of rotatable bonds is 8. The summed E-state index contributed by atoms with van der Waals surface area (Å²) in [6.07, 6.45) is 1.95. The van der Waals surface area contributed by atoms with Crippen molar-refractivity contribution in [3.63, 3.8) is 0 Å². The summed E-state index contributed by atoms with van der Waals surface area (Å²) in [6, 6.07) is 10.7. The van der Waals surface area contributed by atoms with Gasteiger partial charge >= 0.3 is 0 Å². The molecule has 0 fully saturated rings. The van der Waals surface area contributed by atoms with Crippen LogP contribution >= 0.6 is 34.7 Å². The second kappa shape index (κ2) is 9.91. The van der Waals surface area contributed by atoms with Gasteiger partial charge in [-0.25, -0.2) is 4.68 Å². The maximum absolute atomic E-state index is 12.7. The summed E-state index contributed by atoms with van der Waals surface area (Å²) in [4.78, 5) is 25.6. The minimum atomic E-state index is -0.288. The summed E-state index contributed by atoms with van der Waals surface area (Å²) >= 11 is 8.92. The largest absolute Gasteiger partial charge is 0.352 e. The first-order chi connectivity index (χ1) is 14.0. The Labute approximate surface area is 181 Å². The second-order valence-corrected chi connectivity index (χ2v) is 8.69. The average molecular weight is 450 g/mol. The van der Waals surface area contributed by atoms with E-state index < -0.39 is 0 Å². The minimum absolute atomic E-state index is 0.129. The van der Waals surface area contributed by atoms with Crippen LogP contribution in [0.1, 0.15) is 38.3 Å². The fourth-order valence-electron chi connectivity index (χ4n) is 2.67. The number of carbonyl (C=O) groups excluding carboxylic acids is 2. The fraction of sp³-hybridized carbons (Fsp3) is 0.263. The summed E-state index contributed by atoms with van der Waals surface area (Å²) in [5.74, 6) is 0.151. The molecule has 7 nitrogen and oxygen atoms in total. The first-order valence-electron chi connectivity index (χ1n) is 8.88. The molecule has 2 aromatic heterocycles. The van der Waals surface area contributed by atoms with Gasteiger partial charge in [0, 0.05) is 22.7 Å². The molecule has 1 aromatic carbocycles. The average Bonchev–Trinajstić information content (AvgIpc) is 3.33. The number of hydrogen-bond acceptors (Lipinski definition) is 6. The minimum Gasteiger partial charge on any atom is -0.352 e. The van der Waals surface area contributed by atoms with E-state index in [1.165, 1.54) is 11.3 Å². The maximum Gasteiger partial charge on any atom is 0.274 e. The first-order valence-corrected chi connectivity index (χ1v) is 11.5. The molecular weight excluding hydrogens is 430 g/mol. The Bertz CT molecular complexity index is 1000. The van der Waals surface area contributed by atoms with E-state index in [1.807, 2.05) is 19.2 Å². The highest BCUT2D eigenvalue weighted by molar-refractivity contribution is 7.97. The summed E-state index contributed by atoms with van der Waals surface area (Å²) in [6.45, 7) is 2.82. The Hall–Kier alpha value is -2.36. The third kappa shape index (κ3) is 5.17. The van der Waals surface area contributed by atoms with E-state index in [0.29, 0.717) is 34.4 Å². The van der Waals surface area contributed by atoms with Gasteiger partial charge in [-0.3, -0.25) is 9.59 Å². The standard InChI is InChI=1S/C19H20ClN5O2S2/c1-3-21-18(26)12-4-6-13(7-5-12)25-15(11-28-2)17(23-24-25)19(27)22-10-14-8-9-16(20)29-14/h4-9H,3,10-11H2,1-2H3,(H,21,26)(H,22,27). The van der Waals surface area contributed by atoms with E-state index in [2.05, 4.69) is 20.9 Å². The highest BCUT2D eigenvalue weighted by atomic mass is 35.5. The van der Waals surface area contributed by atoms with Gasteiger partial charge in [-0.1, -0.05) is 16.8 Å². The van der Waals surface area contributed by atoms with Crippen LogP contribution in [0.3, 0.4) is 0 Å². The smallest absolute Gasteiger partial charge is 0.274 e. The summed E-state index contributed by atoms with van der Waals surface area (Å²) < 4.78 is 2.31. The maximum atomic E-state index is 12.7. The van der Waals surface area contributed by atoms with Gasteiger partial charge in [0.15, 0.2) is 5.69 Å². The van der Waals surface area contributed by atoms with Crippen LogP contribution < -0.4 is 10.6 Å². The molecule has 3 aromatic rings. The van der Waals surface area contributed by atoms with E-state index in [0.717, 1.165) is 10.6 Å². The topological polar surface area (TPSA) is 88.9 Å². The Morgan fingerprint density at radius 1 is 1.14 bits per heavy atom. The zero-order valence-electron chi connectivity index (χ0n) is 15.9. The van der Waals surface area contributed by atoms with E-state index >= 15 is 0 Å². The van der Waals surface area contributed by atoms with Crippen LogP contribution in [0.25, 0.3) is 5.69 Å². The zero-order chi connectivity index (χ0) is 20.8. The molecule has 152 valence electrons. The van der Waals surface area contributed by atoms with Gasteiger partial charge in [-0.2, -0.15) is 11.8 Å². The molecule has 0 bridgehead atoms. The molecule has 3 rings (SSSR count). The highest BCUT2D eigenvalue weighted by Gasteiger charge is 2.20. The Morgan fingerprint density at radius 2 is 1.90 bits per heavy atom. The molecule has 0 atom stereocenters. The van der Waals surface area contributed by atoms with Crippen LogP contribution in [0.15, 0.2) is 36.4 Å². The first kappa shape index (κ1) is 21.4. The van der Waals surface area contributed by atoms with Gasteiger partial charge in [-0.05, 0) is 49.6 Å². The van der Waals surface area contributed by atoms with Gasteiger partial charge in [0.1, 0.15) is 0 Å². The molecule has 2 heterocycles. The van der Waals surface area contributed by atoms with Gasteiger partial charge < -0.3 is 10.6 Å². The third-order valence-electron chi connectivity index (χ3n) is 4.02. The summed E-state index contributed by atoms with van der Waals surface area (Å²) in [5.41, 5.74) is 2.29. The lowest BCUT2D eigenvalue weighted by Crippen LogP contribution is -2.24. The third-order valence-corrected chi connectivity index (χ3v) is 5.82. The van der Waals surface area contributed by atoms with E-state index in [9.17, 15) is 9.59 Å². The molecule has 2 N–H and O–H groups in total. The van der Waals surface area contributed by atoms with Crippen LogP contribution in [0.5, 0.6) is 0 Å². The number of nitrogens with one attached hydrogen (secondary N) is 2. The monoisotopic (exact) mass is 449 g/mol. The lowest BCUT2D eigenvalue weighted by molar-refractivity contribution is 0.0941. The Kier molecular flexibility index (Phi) is 7.29. The van der Waals surface area contributed by atoms with Crippen molar-refractivity contribution in [3.8, 4) is 5.69 Å². The van der Waals surface area contributed by atoms with Crippen LogP contribution in [0.2, 0.25) is 4.34 Å². The number of nitrogens with zero attached hydrogens (tertiary/aromatic N) is 3. The number of aromatic nitrogens is 3. The molecule has 0 aliphatic heterocycles. The second-order valence-electron chi connectivity index (χ2n) is 6.02. The summed E-state index contributed by atoms with van der Waals surface area (Å²) in [5, 5.41) is 13.9. The normalized spacial score (nSPS) is 10.7. The molecule has 0 unspecified atom stereocenters. The molecule has 0 radical (unpaired) electrons. The van der Waals surface area contributed by atoms with Gasteiger partial charge in [0.25, 0.3) is 11.8 Å². The molecule has 0 aliphatic rings. The zero-order valence-corrected chi connectivity index (χ0v) is 18.3. The highest BCUT2D eigenvalue weighted by Crippen LogP contribution is 2.22. The SMILES string of the molecule is CCNC(=O)c1ccc(-n2nnc(C(=O)NCc3ccc(Cl)s3)c2CSC)cc1. The molecule has 29 heavy (non-hydrogen) atoms. The predicted molar refractivity (Wildman–Crippen MR) is 117 cm³/mol. The van der Waals surface area contributed by atoms with Gasteiger partial charge in [0.05, 0.1) is 22.3 Å². The van der Waals surface area contributed by atoms with E-state index in [-0.39, 0.29) is 17.5 Å². The number of benzene rings is 1. The molecule has 0 aliphatic carbocycles. The van der Waals surface area contributed by atoms with Gasteiger partial charge in [0.2, 0.25) is 0 Å². The molecule has 10 heteroatoms. The number of carbonyl (C=O) groups is 2. The van der Waals surface area contributed by atoms with Crippen molar-refractivity contribution in [1.29, 1.82) is 0 Å². The molecule has 2 amide bonds. The van der Waals surface area contributed by atoms with E-state index in [1.54, 1.807) is 46.8 Å². The quantitative estimate of drug-likeness (QED) is 0.549. The number of halogens is 1. The number of amides is 2. The number of thiophene rings is 1. The van der Waals surface area contributed by atoms with Crippen LogP contribution in [-0.4, -0.2) is 39.6 Å². The number of hydrogen-bond donors (Lipinski definition) is 2. The van der Waals surface area contributed by atoms with E-state index in [4.69, 9.17) is 11.6 Å². The lowest BCUT2D eigenvalue weighted by atomic mass is 10.2. The van der Waals surface area contributed by atoms with Gasteiger partial charge in [-0.15, -0.1) is 16.4 Å². The van der Waals surface area contributed by atoms with Crippen molar-refractivity contribution in [2.75, 3.05) is 12.8 Å². The molecule has 0 spiro atoms. The van der Waals surface area contributed by atoms with Crippen molar-refractivity contribution in [3.05, 3.63) is 62.6 Å². The summed E-state index contributed by atoms with van der Waals surface area (Å²) in [7, 11) is 0. The molecular formula is C19H20ClN5O2S2. The van der Waals surface area contributed by atoms with Crippen molar-refractivity contribution < 1.29 is 9.59 Å². The predicted octanol–water partition coefficient (Wildman–Crippen LogP) is 3.52. The molecule has 0 saturated heterocycles. The van der Waals surface area contributed by atoms with Crippen LogP contribution in [-0.2, 0) is 12.3 Å². The van der Waals surface area contributed by atoms with Crippen LogP contribution in [0.4, 0.5) is 0 Å². The number of thioether (sulfide) groups is 1. The van der Waals surface area contributed by atoms with Crippen molar-refractivity contribution >= 4 is 46.5 Å². The lowest BCUT2D eigenvalue weighted by Gasteiger charge is -2.08. The van der Waals surface area contributed by atoms with Crippen molar-refractivity contribution in [2.24, 2.45) is 0 Å². The van der Waals surface area contributed by atoms with Crippen LogP contribution in [0, 0.1) is 0 Å². The fourth-order valence-corrected chi connectivity index (χ4v) is 4.23. The Balaban J connectivity index is 1.80.